The van der Waals surface area contributed by atoms with Gasteiger partial charge in [-0.2, -0.15) is 0 Å². The topological polar surface area (TPSA) is 43.4 Å². The first-order valence-corrected chi connectivity index (χ1v) is 10.3. The molecule has 0 aliphatic carbocycles. The largest absolute Gasteiger partial charge is 0.465 e. The number of hydrogen-bond acceptors (Lipinski definition) is 3. The van der Waals surface area contributed by atoms with E-state index in [9.17, 15) is 9.00 Å². The highest BCUT2D eigenvalue weighted by Gasteiger charge is 2.15. The van der Waals surface area contributed by atoms with Crippen LogP contribution in [0.4, 0.5) is 0 Å². The number of esters is 1. The third-order valence-electron chi connectivity index (χ3n) is 3.92. The summed E-state index contributed by atoms with van der Waals surface area (Å²) in [6.45, 7) is 0. The second-order valence-electron chi connectivity index (χ2n) is 5.84. The van der Waals surface area contributed by atoms with Gasteiger partial charge in [-0.25, -0.2) is 4.79 Å². The van der Waals surface area contributed by atoms with Gasteiger partial charge in [0.25, 0.3) is 0 Å². The minimum absolute atomic E-state index is 0.388. The van der Waals surface area contributed by atoms with Crippen LogP contribution in [0.5, 0.6) is 0 Å². The molecule has 0 bridgehead atoms. The van der Waals surface area contributed by atoms with E-state index in [2.05, 4.69) is 12.2 Å². The Bertz CT molecular complexity index is 769. The minimum Gasteiger partial charge on any atom is -0.465 e. The number of rotatable bonds is 9. The molecule has 138 valence electrons. The van der Waals surface area contributed by atoms with Crippen LogP contribution in [0.25, 0.3) is 6.08 Å². The molecule has 0 amide bonds. The van der Waals surface area contributed by atoms with E-state index in [1.165, 1.54) is 7.11 Å². The first-order valence-electron chi connectivity index (χ1n) is 8.59. The fourth-order valence-corrected chi connectivity index (χ4v) is 3.96. The lowest BCUT2D eigenvalue weighted by Gasteiger charge is -2.07. The second kappa shape index (κ2) is 10.9. The molecule has 0 aromatic heterocycles. The average Bonchev–Trinajstić information content (AvgIpc) is 2.67. The fraction of sp³-hybridized carbons (Fsp3) is 0.286. The molecule has 2 aromatic rings. The van der Waals surface area contributed by atoms with Gasteiger partial charge >= 0.3 is 5.97 Å². The molecular weight excluding hydrogens is 368 g/mol. The van der Waals surface area contributed by atoms with Gasteiger partial charge in [-0.05, 0) is 49.1 Å². The minimum atomic E-state index is -1.19. The lowest BCUT2D eigenvalue weighted by molar-refractivity contribution is 0.0596. The van der Waals surface area contributed by atoms with Crippen molar-refractivity contribution >= 4 is 34.4 Å². The van der Waals surface area contributed by atoms with Crippen molar-refractivity contribution in [3.05, 3.63) is 70.8 Å². The van der Waals surface area contributed by atoms with Gasteiger partial charge in [0.15, 0.2) is 0 Å². The van der Waals surface area contributed by atoms with E-state index in [-0.39, 0.29) is 0 Å². The lowest BCUT2D eigenvalue weighted by atomic mass is 10.1. The van der Waals surface area contributed by atoms with Crippen LogP contribution >= 0.6 is 11.6 Å². The highest BCUT2D eigenvalue weighted by molar-refractivity contribution is 7.85. The van der Waals surface area contributed by atoms with Gasteiger partial charge in [0.05, 0.1) is 28.4 Å². The number of hydrogen-bond donors (Lipinski definition) is 0. The maximum atomic E-state index is 12.5. The van der Waals surface area contributed by atoms with Gasteiger partial charge in [-0.3, -0.25) is 4.21 Å². The van der Waals surface area contributed by atoms with E-state index in [0.717, 1.165) is 36.3 Å². The molecule has 0 spiro atoms. The summed E-state index contributed by atoms with van der Waals surface area (Å²) in [6.07, 6.45) is 8.11. The van der Waals surface area contributed by atoms with E-state index < -0.39 is 16.8 Å². The molecule has 0 saturated carbocycles. The van der Waals surface area contributed by atoms with Crippen molar-refractivity contribution in [1.82, 2.24) is 0 Å². The third-order valence-corrected chi connectivity index (χ3v) is 5.68. The summed E-state index contributed by atoms with van der Waals surface area (Å²) in [7, 11) is 0.145. The summed E-state index contributed by atoms with van der Waals surface area (Å²) >= 11 is 5.86. The molecule has 26 heavy (non-hydrogen) atoms. The summed E-state index contributed by atoms with van der Waals surface area (Å²) in [4.78, 5) is 12.3. The van der Waals surface area contributed by atoms with E-state index in [0.29, 0.717) is 16.2 Å². The van der Waals surface area contributed by atoms with E-state index in [1.54, 1.807) is 24.3 Å². The number of methoxy groups -OCH3 is 1. The Morgan fingerprint density at radius 2 is 1.81 bits per heavy atom. The molecule has 2 aromatic carbocycles. The lowest BCUT2D eigenvalue weighted by Crippen LogP contribution is -2.08. The van der Waals surface area contributed by atoms with Crippen molar-refractivity contribution in [3.63, 3.8) is 0 Å². The molecule has 0 saturated heterocycles. The number of carbonyl (C=O) groups excluding carboxylic acids is 1. The molecule has 0 radical (unpaired) electrons. The molecular formula is C21H23ClO3S. The Hall–Kier alpha value is -1.91. The fourth-order valence-electron chi connectivity index (χ4n) is 2.52. The molecule has 2 rings (SSSR count). The van der Waals surface area contributed by atoms with Crippen LogP contribution in [0.2, 0.25) is 5.02 Å². The van der Waals surface area contributed by atoms with Crippen LogP contribution < -0.4 is 0 Å². The molecule has 0 N–H and O–H groups in total. The smallest absolute Gasteiger partial charge is 0.339 e. The van der Waals surface area contributed by atoms with Gasteiger partial charge in [0.2, 0.25) is 0 Å². The first kappa shape index (κ1) is 20.4. The molecule has 0 heterocycles. The normalized spacial score (nSPS) is 12.2. The second-order valence-corrected chi connectivity index (χ2v) is 7.82. The monoisotopic (exact) mass is 390 g/mol. The Morgan fingerprint density at radius 1 is 1.08 bits per heavy atom. The van der Waals surface area contributed by atoms with Crippen molar-refractivity contribution in [2.75, 3.05) is 12.9 Å². The SMILES string of the molecule is COC(=O)c1ccccc1S(=O)CCCCCC=Cc1ccc(Cl)cc1. The van der Waals surface area contributed by atoms with Gasteiger partial charge in [-0.15, -0.1) is 0 Å². The zero-order valence-electron chi connectivity index (χ0n) is 14.8. The van der Waals surface area contributed by atoms with Gasteiger partial charge in [0.1, 0.15) is 0 Å². The Kier molecular flexibility index (Phi) is 8.59. The Balaban J connectivity index is 1.72. The third kappa shape index (κ3) is 6.43. The van der Waals surface area contributed by atoms with Gasteiger partial charge in [-0.1, -0.05) is 54.4 Å². The number of benzene rings is 2. The summed E-state index contributed by atoms with van der Waals surface area (Å²) in [5, 5.41) is 0.740. The molecule has 0 aliphatic rings. The molecule has 3 nitrogen and oxygen atoms in total. The Labute approximate surface area is 162 Å². The van der Waals surface area contributed by atoms with Crippen molar-refractivity contribution in [2.45, 2.75) is 30.6 Å². The van der Waals surface area contributed by atoms with Crippen molar-refractivity contribution in [3.8, 4) is 0 Å². The summed E-state index contributed by atoms with van der Waals surface area (Å²) in [5.41, 5.74) is 1.52. The predicted octanol–water partition coefficient (Wildman–Crippen LogP) is 5.51. The molecule has 0 aliphatic heterocycles. The van der Waals surface area contributed by atoms with Crippen molar-refractivity contribution in [2.24, 2.45) is 0 Å². The standard InChI is InChI=1S/C21H23ClO3S/c1-25-21(23)19-10-6-7-11-20(19)26(24)16-8-4-2-3-5-9-17-12-14-18(22)15-13-17/h5-7,9-15H,2-4,8,16H2,1H3. The van der Waals surface area contributed by atoms with Gasteiger partial charge < -0.3 is 4.74 Å². The molecule has 0 fully saturated rings. The van der Waals surface area contributed by atoms with Crippen LogP contribution in [-0.4, -0.2) is 23.0 Å². The van der Waals surface area contributed by atoms with Gasteiger partial charge in [0, 0.05) is 10.8 Å². The number of carbonyl (C=O) groups is 1. The summed E-state index contributed by atoms with van der Waals surface area (Å²) in [6, 6.07) is 14.7. The maximum Gasteiger partial charge on any atom is 0.339 e. The Morgan fingerprint density at radius 3 is 2.54 bits per heavy atom. The summed E-state index contributed by atoms with van der Waals surface area (Å²) < 4.78 is 17.2. The number of ether oxygens (including phenoxy) is 1. The number of halogens is 1. The highest BCUT2D eigenvalue weighted by Crippen LogP contribution is 2.17. The van der Waals surface area contributed by atoms with Crippen LogP contribution in [-0.2, 0) is 15.5 Å². The van der Waals surface area contributed by atoms with Crippen LogP contribution in [0.1, 0.15) is 41.6 Å². The number of allylic oxidation sites excluding steroid dienone is 1. The quantitative estimate of drug-likeness (QED) is 0.419. The zero-order valence-corrected chi connectivity index (χ0v) is 16.4. The molecule has 5 heteroatoms. The van der Waals surface area contributed by atoms with Crippen LogP contribution in [0, 0.1) is 0 Å². The maximum absolute atomic E-state index is 12.5. The predicted molar refractivity (Wildman–Crippen MR) is 108 cm³/mol. The zero-order chi connectivity index (χ0) is 18.8. The highest BCUT2D eigenvalue weighted by atomic mass is 35.5. The molecule has 1 unspecified atom stereocenters. The van der Waals surface area contributed by atoms with Crippen LogP contribution in [0.3, 0.4) is 0 Å². The average molecular weight is 391 g/mol. The first-order chi connectivity index (χ1) is 12.6. The molecule has 1 atom stereocenters. The van der Waals surface area contributed by atoms with Crippen molar-refractivity contribution in [1.29, 1.82) is 0 Å². The van der Waals surface area contributed by atoms with Crippen LogP contribution in [0.15, 0.2) is 59.5 Å². The number of unbranched alkanes of at least 4 members (excludes halogenated alkanes) is 3. The van der Waals surface area contributed by atoms with E-state index in [1.807, 2.05) is 24.3 Å². The van der Waals surface area contributed by atoms with E-state index in [4.69, 9.17) is 16.3 Å². The van der Waals surface area contributed by atoms with Crippen molar-refractivity contribution < 1.29 is 13.7 Å². The summed E-state index contributed by atoms with van der Waals surface area (Å²) in [5.74, 6) is 0.107. The van der Waals surface area contributed by atoms with E-state index >= 15 is 0 Å².